The Hall–Kier alpha value is -1.80. The van der Waals surface area contributed by atoms with Crippen molar-refractivity contribution in [3.8, 4) is 11.3 Å². The minimum atomic E-state index is -3.70. The normalized spacial score (nSPS) is 11.6. The minimum absolute atomic E-state index is 0.0489. The van der Waals surface area contributed by atoms with Gasteiger partial charge in [0.1, 0.15) is 0 Å². The quantitative estimate of drug-likeness (QED) is 0.734. The van der Waals surface area contributed by atoms with E-state index in [-0.39, 0.29) is 11.4 Å². The molecule has 0 spiro atoms. The molecule has 2 heterocycles. The zero-order chi connectivity index (χ0) is 17.2. The molecule has 0 aliphatic heterocycles. The third kappa shape index (κ3) is 3.49. The Kier molecular flexibility index (Phi) is 4.96. The van der Waals surface area contributed by atoms with E-state index in [1.54, 1.807) is 42.8 Å². The predicted molar refractivity (Wildman–Crippen MR) is 95.6 cm³/mol. The van der Waals surface area contributed by atoms with Crippen LogP contribution in [-0.4, -0.2) is 18.4 Å². The van der Waals surface area contributed by atoms with Gasteiger partial charge in [0.25, 0.3) is 0 Å². The van der Waals surface area contributed by atoms with Crippen LogP contribution in [0.5, 0.6) is 0 Å². The van der Waals surface area contributed by atoms with E-state index >= 15 is 0 Å². The monoisotopic (exact) mass is 379 g/mol. The maximum atomic E-state index is 12.6. The summed E-state index contributed by atoms with van der Waals surface area (Å²) in [6.07, 6.45) is 3.14. The summed E-state index contributed by atoms with van der Waals surface area (Å²) in [5.41, 5.74) is 2.67. The molecule has 0 saturated heterocycles. The molecule has 0 bridgehead atoms. The third-order valence-electron chi connectivity index (χ3n) is 3.51. The van der Waals surface area contributed by atoms with Crippen molar-refractivity contribution in [3.05, 3.63) is 63.7 Å². The van der Waals surface area contributed by atoms with Crippen LogP contribution in [0.4, 0.5) is 0 Å². The highest BCUT2D eigenvalue weighted by Crippen LogP contribution is 2.24. The summed E-state index contributed by atoms with van der Waals surface area (Å²) in [7, 11) is -3.70. The van der Waals surface area contributed by atoms with Gasteiger partial charge >= 0.3 is 0 Å². The molecule has 0 saturated carbocycles. The van der Waals surface area contributed by atoms with Gasteiger partial charge in [0.15, 0.2) is 0 Å². The largest absolute Gasteiger partial charge is 0.256 e. The van der Waals surface area contributed by atoms with Gasteiger partial charge in [-0.05, 0) is 36.1 Å². The lowest BCUT2D eigenvalue weighted by Gasteiger charge is -2.11. The molecule has 1 N–H and O–H groups in total. The Balaban J connectivity index is 1.88. The highest BCUT2D eigenvalue weighted by atomic mass is 35.5. The zero-order valence-electron chi connectivity index (χ0n) is 12.7. The predicted octanol–water partition coefficient (Wildman–Crippen LogP) is 3.65. The summed E-state index contributed by atoms with van der Waals surface area (Å²) >= 11 is 7.56. The molecule has 1 aromatic carbocycles. The molecule has 0 aliphatic carbocycles. The number of sulfonamides is 1. The maximum absolute atomic E-state index is 12.6. The Morgan fingerprint density at radius 1 is 1.21 bits per heavy atom. The summed E-state index contributed by atoms with van der Waals surface area (Å²) < 4.78 is 27.7. The lowest BCUT2D eigenvalue weighted by atomic mass is 10.2. The van der Waals surface area contributed by atoms with E-state index in [1.807, 2.05) is 16.8 Å². The van der Waals surface area contributed by atoms with Crippen molar-refractivity contribution < 1.29 is 8.42 Å². The van der Waals surface area contributed by atoms with Gasteiger partial charge in [-0.25, -0.2) is 13.1 Å². The second-order valence-corrected chi connectivity index (χ2v) is 7.97. The first kappa shape index (κ1) is 17.0. The van der Waals surface area contributed by atoms with E-state index in [1.165, 1.54) is 6.07 Å². The molecule has 24 heavy (non-hydrogen) atoms. The van der Waals surface area contributed by atoms with Gasteiger partial charge in [-0.1, -0.05) is 17.7 Å². The van der Waals surface area contributed by atoms with Crippen LogP contribution in [0.1, 0.15) is 11.3 Å². The van der Waals surface area contributed by atoms with Crippen molar-refractivity contribution in [2.75, 3.05) is 0 Å². The van der Waals surface area contributed by atoms with Gasteiger partial charge in [-0.2, -0.15) is 11.3 Å². The smallest absolute Gasteiger partial charge is 0.241 e. The molecule has 5 nitrogen and oxygen atoms in total. The number of benzene rings is 1. The van der Waals surface area contributed by atoms with E-state index < -0.39 is 10.0 Å². The SMILES string of the molecule is Cc1c(Cl)cccc1S(=O)(=O)NCc1nccnc1-c1ccsc1. The molecular weight excluding hydrogens is 366 g/mol. The topological polar surface area (TPSA) is 72.0 Å². The number of hydrogen-bond acceptors (Lipinski definition) is 5. The van der Waals surface area contributed by atoms with Gasteiger partial charge in [0, 0.05) is 28.4 Å². The van der Waals surface area contributed by atoms with Gasteiger partial charge in [-0.15, -0.1) is 0 Å². The molecule has 0 aliphatic rings. The summed E-state index contributed by atoms with van der Waals surface area (Å²) in [6.45, 7) is 1.73. The molecule has 0 atom stereocenters. The number of nitrogens with zero attached hydrogens (tertiary/aromatic N) is 2. The fourth-order valence-corrected chi connectivity index (χ4v) is 4.38. The lowest BCUT2D eigenvalue weighted by Crippen LogP contribution is -2.25. The van der Waals surface area contributed by atoms with Gasteiger partial charge < -0.3 is 0 Å². The molecule has 0 radical (unpaired) electrons. The zero-order valence-corrected chi connectivity index (χ0v) is 15.1. The van der Waals surface area contributed by atoms with Crippen LogP contribution < -0.4 is 4.72 Å². The first-order valence-corrected chi connectivity index (χ1v) is 9.86. The Bertz CT molecular complexity index is 957. The average molecular weight is 380 g/mol. The standard InChI is InChI=1S/C16H14ClN3O2S2/c1-11-13(17)3-2-4-15(11)24(21,22)20-9-14-16(19-7-6-18-14)12-5-8-23-10-12/h2-8,10,20H,9H2,1H3. The summed E-state index contributed by atoms with van der Waals surface area (Å²) in [5.74, 6) is 0. The summed E-state index contributed by atoms with van der Waals surface area (Å²) in [4.78, 5) is 8.74. The molecule has 124 valence electrons. The van der Waals surface area contributed by atoms with Gasteiger partial charge in [0.05, 0.1) is 22.8 Å². The fraction of sp³-hybridized carbons (Fsp3) is 0.125. The second-order valence-electron chi connectivity index (χ2n) is 5.05. The molecule has 8 heteroatoms. The van der Waals surface area contributed by atoms with Crippen LogP contribution in [0, 0.1) is 6.92 Å². The van der Waals surface area contributed by atoms with Crippen LogP contribution in [0.3, 0.4) is 0 Å². The van der Waals surface area contributed by atoms with Crippen molar-refractivity contribution in [3.63, 3.8) is 0 Å². The van der Waals surface area contributed by atoms with Crippen LogP contribution in [0.2, 0.25) is 5.02 Å². The third-order valence-corrected chi connectivity index (χ3v) is 6.14. The number of rotatable bonds is 5. The van der Waals surface area contributed by atoms with E-state index in [2.05, 4.69) is 14.7 Å². The van der Waals surface area contributed by atoms with Gasteiger partial charge in [0.2, 0.25) is 10.0 Å². The molecule has 0 fully saturated rings. The second kappa shape index (κ2) is 6.98. The lowest BCUT2D eigenvalue weighted by molar-refractivity contribution is 0.580. The molecular formula is C16H14ClN3O2S2. The van der Waals surface area contributed by atoms with Crippen LogP contribution >= 0.6 is 22.9 Å². The summed E-state index contributed by atoms with van der Waals surface area (Å²) in [5, 5.41) is 4.30. The van der Waals surface area contributed by atoms with Crippen molar-refractivity contribution in [1.29, 1.82) is 0 Å². The van der Waals surface area contributed by atoms with E-state index in [9.17, 15) is 8.42 Å². The van der Waals surface area contributed by atoms with Crippen molar-refractivity contribution >= 4 is 33.0 Å². The molecule has 2 aromatic heterocycles. The Morgan fingerprint density at radius 2 is 2.00 bits per heavy atom. The first-order valence-electron chi connectivity index (χ1n) is 7.06. The molecule has 0 unspecified atom stereocenters. The maximum Gasteiger partial charge on any atom is 0.241 e. The van der Waals surface area contributed by atoms with Crippen molar-refractivity contribution in [2.24, 2.45) is 0 Å². The fourth-order valence-electron chi connectivity index (χ4n) is 2.26. The first-order chi connectivity index (χ1) is 11.5. The van der Waals surface area contributed by atoms with Crippen LogP contribution in [0.15, 0.2) is 52.3 Å². The number of thiophene rings is 1. The number of hydrogen-bond donors (Lipinski definition) is 1. The minimum Gasteiger partial charge on any atom is -0.256 e. The Morgan fingerprint density at radius 3 is 2.75 bits per heavy atom. The van der Waals surface area contributed by atoms with Gasteiger partial charge in [-0.3, -0.25) is 9.97 Å². The highest BCUT2D eigenvalue weighted by Gasteiger charge is 2.19. The van der Waals surface area contributed by atoms with Crippen LogP contribution in [0.25, 0.3) is 11.3 Å². The van der Waals surface area contributed by atoms with Crippen molar-refractivity contribution in [2.45, 2.75) is 18.4 Å². The van der Waals surface area contributed by atoms with Crippen LogP contribution in [-0.2, 0) is 16.6 Å². The molecule has 3 aromatic rings. The number of nitrogens with one attached hydrogen (secondary N) is 1. The van der Waals surface area contributed by atoms with E-state index in [0.29, 0.717) is 22.0 Å². The number of aromatic nitrogens is 2. The van der Waals surface area contributed by atoms with Crippen molar-refractivity contribution in [1.82, 2.24) is 14.7 Å². The molecule has 0 amide bonds. The molecule has 3 rings (SSSR count). The van der Waals surface area contributed by atoms with E-state index in [0.717, 1.165) is 5.56 Å². The number of halogens is 1. The average Bonchev–Trinajstić information content (AvgIpc) is 3.10. The Labute approximate surface area is 149 Å². The highest BCUT2D eigenvalue weighted by molar-refractivity contribution is 7.89. The van der Waals surface area contributed by atoms with E-state index in [4.69, 9.17) is 11.6 Å². The summed E-state index contributed by atoms with van der Waals surface area (Å²) in [6, 6.07) is 6.73.